The van der Waals surface area contributed by atoms with Gasteiger partial charge in [-0.15, -0.1) is 0 Å². The number of benzene rings is 1. The van der Waals surface area contributed by atoms with Gasteiger partial charge in [-0.05, 0) is 29.8 Å². The molecule has 3 nitrogen and oxygen atoms in total. The van der Waals surface area contributed by atoms with Crippen LogP contribution in [0.5, 0.6) is 0 Å². The normalized spacial score (nSPS) is 17.6. The fourth-order valence-corrected chi connectivity index (χ4v) is 2.39. The van der Waals surface area contributed by atoms with Crippen LogP contribution in [0.3, 0.4) is 0 Å². The summed E-state index contributed by atoms with van der Waals surface area (Å²) in [6, 6.07) is 6.89. The summed E-state index contributed by atoms with van der Waals surface area (Å²) in [7, 11) is 0. The van der Waals surface area contributed by atoms with Crippen LogP contribution in [0.15, 0.2) is 30.3 Å². The number of hydrogen-bond donors (Lipinski definition) is 1. The lowest BCUT2D eigenvalue weighted by atomic mass is 9.98. The predicted octanol–water partition coefficient (Wildman–Crippen LogP) is 2.41. The Morgan fingerprint density at radius 3 is 2.80 bits per heavy atom. The van der Waals surface area contributed by atoms with Crippen LogP contribution in [0.1, 0.15) is 17.3 Å². The fraction of sp³-hybridized carbons (Fsp3) is 0.200. The van der Waals surface area contributed by atoms with E-state index in [1.165, 1.54) is 6.07 Å². The van der Waals surface area contributed by atoms with Crippen molar-refractivity contribution in [2.24, 2.45) is 0 Å². The number of fused-ring (bicyclic) bond motifs is 1. The number of nitrogens with one attached hydrogen (secondary N) is 1. The van der Waals surface area contributed by atoms with Crippen LogP contribution in [0, 0.1) is 11.6 Å². The monoisotopic (exact) mass is 274 g/mol. The van der Waals surface area contributed by atoms with E-state index >= 15 is 0 Å². The van der Waals surface area contributed by atoms with E-state index in [2.05, 4.69) is 10.3 Å². The Balaban J connectivity index is 2.03. The van der Waals surface area contributed by atoms with Crippen molar-refractivity contribution < 1.29 is 13.6 Å². The summed E-state index contributed by atoms with van der Waals surface area (Å²) in [6.45, 7) is 0.671. The minimum absolute atomic E-state index is 0.342. The molecule has 20 heavy (non-hydrogen) atoms. The van der Waals surface area contributed by atoms with Gasteiger partial charge in [0.15, 0.2) is 11.6 Å². The molecule has 3 rings (SSSR count). The molecule has 1 aliphatic rings. The van der Waals surface area contributed by atoms with Crippen LogP contribution in [-0.2, 0) is 11.2 Å². The average Bonchev–Trinajstić information content (AvgIpc) is 2.48. The van der Waals surface area contributed by atoms with Crippen LogP contribution in [0.25, 0.3) is 11.3 Å². The van der Waals surface area contributed by atoms with Gasteiger partial charge in [-0.3, -0.25) is 4.98 Å². The number of carbonyl (C=O) groups excluding carboxylic acids is 1. The second-order valence-corrected chi connectivity index (χ2v) is 4.68. The SMILES string of the molecule is O=CC1NCCc2nc(-c3ccc(F)c(F)c3)ccc21. The van der Waals surface area contributed by atoms with Gasteiger partial charge < -0.3 is 10.1 Å². The Morgan fingerprint density at radius 1 is 1.20 bits per heavy atom. The van der Waals surface area contributed by atoms with Crippen molar-refractivity contribution in [2.45, 2.75) is 12.5 Å². The van der Waals surface area contributed by atoms with Crippen molar-refractivity contribution in [3.05, 3.63) is 53.2 Å². The molecule has 0 bridgehead atoms. The van der Waals surface area contributed by atoms with Crippen molar-refractivity contribution in [1.29, 1.82) is 0 Å². The zero-order valence-electron chi connectivity index (χ0n) is 10.6. The molecule has 0 saturated carbocycles. The standard InChI is InChI=1S/C15H12F2N2O/c16-11-3-1-9(7-12(11)17)13-4-2-10-14(19-13)5-6-18-15(10)8-20/h1-4,7-8,15,18H,5-6H2. The molecule has 1 aromatic heterocycles. The summed E-state index contributed by atoms with van der Waals surface area (Å²) in [5, 5.41) is 3.08. The largest absolute Gasteiger partial charge is 0.304 e. The van der Waals surface area contributed by atoms with Crippen molar-refractivity contribution in [3.63, 3.8) is 0 Å². The predicted molar refractivity (Wildman–Crippen MR) is 70.1 cm³/mol. The van der Waals surface area contributed by atoms with E-state index in [1.54, 1.807) is 6.07 Å². The number of rotatable bonds is 2. The minimum atomic E-state index is -0.894. The van der Waals surface area contributed by atoms with E-state index < -0.39 is 11.6 Å². The lowest BCUT2D eigenvalue weighted by Gasteiger charge is -2.22. The van der Waals surface area contributed by atoms with Crippen LogP contribution in [0.2, 0.25) is 0 Å². The number of pyridine rings is 1. The number of aldehydes is 1. The third kappa shape index (κ3) is 2.20. The number of nitrogens with zero attached hydrogens (tertiary/aromatic N) is 1. The third-order valence-corrected chi connectivity index (χ3v) is 3.42. The van der Waals surface area contributed by atoms with E-state index in [0.717, 1.165) is 29.7 Å². The summed E-state index contributed by atoms with van der Waals surface area (Å²) in [5.41, 5.74) is 2.77. The quantitative estimate of drug-likeness (QED) is 0.855. The van der Waals surface area contributed by atoms with Crippen molar-refractivity contribution in [1.82, 2.24) is 10.3 Å². The summed E-state index contributed by atoms with van der Waals surface area (Å²) in [6.07, 6.45) is 1.55. The maximum absolute atomic E-state index is 13.3. The van der Waals surface area contributed by atoms with Gasteiger partial charge in [-0.1, -0.05) is 6.07 Å². The molecule has 1 aromatic carbocycles. The molecule has 0 spiro atoms. The van der Waals surface area contributed by atoms with Crippen molar-refractivity contribution >= 4 is 6.29 Å². The molecule has 1 N–H and O–H groups in total. The molecule has 0 amide bonds. The molecule has 5 heteroatoms. The molecule has 1 atom stereocenters. The summed E-state index contributed by atoms with van der Waals surface area (Å²) >= 11 is 0. The molecule has 0 fully saturated rings. The second-order valence-electron chi connectivity index (χ2n) is 4.68. The highest BCUT2D eigenvalue weighted by atomic mass is 19.2. The Labute approximate surface area is 114 Å². The first-order valence-corrected chi connectivity index (χ1v) is 6.33. The topological polar surface area (TPSA) is 42.0 Å². The van der Waals surface area contributed by atoms with Crippen LogP contribution >= 0.6 is 0 Å². The smallest absolute Gasteiger partial charge is 0.159 e. The van der Waals surface area contributed by atoms with Gasteiger partial charge in [0.05, 0.1) is 11.7 Å². The van der Waals surface area contributed by atoms with Gasteiger partial charge in [0.25, 0.3) is 0 Å². The fourth-order valence-electron chi connectivity index (χ4n) is 2.39. The molecule has 0 radical (unpaired) electrons. The lowest BCUT2D eigenvalue weighted by molar-refractivity contribution is -0.109. The third-order valence-electron chi connectivity index (χ3n) is 3.42. The van der Waals surface area contributed by atoms with E-state index in [-0.39, 0.29) is 6.04 Å². The molecule has 102 valence electrons. The van der Waals surface area contributed by atoms with E-state index in [9.17, 15) is 13.6 Å². The summed E-state index contributed by atoms with van der Waals surface area (Å²) in [5.74, 6) is -1.77. The average molecular weight is 274 g/mol. The molecule has 1 unspecified atom stereocenters. The van der Waals surface area contributed by atoms with Crippen molar-refractivity contribution in [2.75, 3.05) is 6.54 Å². The van der Waals surface area contributed by atoms with Crippen LogP contribution in [-0.4, -0.2) is 17.8 Å². The maximum atomic E-state index is 13.3. The highest BCUT2D eigenvalue weighted by Gasteiger charge is 2.20. The first-order chi connectivity index (χ1) is 9.69. The zero-order chi connectivity index (χ0) is 14.1. The summed E-state index contributed by atoms with van der Waals surface area (Å²) in [4.78, 5) is 15.4. The van der Waals surface area contributed by atoms with Gasteiger partial charge in [0.2, 0.25) is 0 Å². The lowest BCUT2D eigenvalue weighted by Crippen LogP contribution is -2.31. The van der Waals surface area contributed by atoms with Gasteiger partial charge in [0, 0.05) is 24.2 Å². The molecule has 2 aromatic rings. The number of aromatic nitrogens is 1. The number of hydrogen-bond acceptors (Lipinski definition) is 3. The highest BCUT2D eigenvalue weighted by Crippen LogP contribution is 2.25. The minimum Gasteiger partial charge on any atom is -0.304 e. The zero-order valence-corrected chi connectivity index (χ0v) is 10.6. The Kier molecular flexibility index (Phi) is 3.28. The van der Waals surface area contributed by atoms with Gasteiger partial charge in [-0.25, -0.2) is 8.78 Å². The molecule has 0 saturated heterocycles. The van der Waals surface area contributed by atoms with Crippen LogP contribution in [0.4, 0.5) is 8.78 Å². The maximum Gasteiger partial charge on any atom is 0.159 e. The molecule has 1 aliphatic heterocycles. The second kappa shape index (κ2) is 5.09. The van der Waals surface area contributed by atoms with E-state index in [0.29, 0.717) is 24.2 Å². The van der Waals surface area contributed by atoms with Crippen LogP contribution < -0.4 is 5.32 Å². The Bertz CT molecular complexity index is 673. The highest BCUT2D eigenvalue weighted by molar-refractivity contribution is 5.65. The molecular formula is C15H12F2N2O. The first kappa shape index (κ1) is 12.9. The van der Waals surface area contributed by atoms with Gasteiger partial charge >= 0.3 is 0 Å². The van der Waals surface area contributed by atoms with Gasteiger partial charge in [-0.2, -0.15) is 0 Å². The Hall–Kier alpha value is -2.14. The number of halogens is 2. The summed E-state index contributed by atoms with van der Waals surface area (Å²) < 4.78 is 26.2. The van der Waals surface area contributed by atoms with E-state index in [1.807, 2.05) is 6.07 Å². The number of carbonyl (C=O) groups is 1. The van der Waals surface area contributed by atoms with Crippen molar-refractivity contribution in [3.8, 4) is 11.3 Å². The first-order valence-electron chi connectivity index (χ1n) is 6.33. The molecular weight excluding hydrogens is 262 g/mol. The Morgan fingerprint density at radius 2 is 2.05 bits per heavy atom. The van der Waals surface area contributed by atoms with E-state index in [4.69, 9.17) is 0 Å². The molecule has 0 aliphatic carbocycles. The van der Waals surface area contributed by atoms with Gasteiger partial charge in [0.1, 0.15) is 6.29 Å². The molecule has 2 heterocycles.